The summed E-state index contributed by atoms with van der Waals surface area (Å²) < 4.78 is 0. The van der Waals surface area contributed by atoms with Gasteiger partial charge in [0.15, 0.2) is 0 Å². The summed E-state index contributed by atoms with van der Waals surface area (Å²) in [6.45, 7) is 4.44. The Hall–Kier alpha value is -1.10. The van der Waals surface area contributed by atoms with E-state index in [1.165, 1.54) is 12.8 Å². The molecule has 2 amide bonds. The van der Waals surface area contributed by atoms with Crippen molar-refractivity contribution >= 4 is 11.8 Å². The van der Waals surface area contributed by atoms with E-state index in [2.05, 4.69) is 15.5 Å². The fraction of sp³-hybridized carbons (Fsp3) is 0.857. The molecule has 2 rings (SSSR count). The average molecular weight is 267 g/mol. The lowest BCUT2D eigenvalue weighted by Crippen LogP contribution is -2.66. The first-order valence-electron chi connectivity index (χ1n) is 7.31. The van der Waals surface area contributed by atoms with Crippen LogP contribution in [0.25, 0.3) is 0 Å². The summed E-state index contributed by atoms with van der Waals surface area (Å²) in [5.41, 5.74) is 0. The van der Waals surface area contributed by atoms with Crippen LogP contribution in [0.3, 0.4) is 0 Å². The Morgan fingerprint density at radius 1 is 1.37 bits per heavy atom. The number of fused-ring (bicyclic) bond motifs is 1. The molecule has 19 heavy (non-hydrogen) atoms. The van der Waals surface area contributed by atoms with E-state index in [9.17, 15) is 9.59 Å². The van der Waals surface area contributed by atoms with Crippen LogP contribution in [0.5, 0.6) is 0 Å². The first kappa shape index (κ1) is 14.3. The lowest BCUT2D eigenvalue weighted by molar-refractivity contribution is -0.137. The minimum absolute atomic E-state index is 0.0222. The quantitative estimate of drug-likeness (QED) is 0.783. The van der Waals surface area contributed by atoms with Crippen molar-refractivity contribution in [1.82, 2.24) is 15.5 Å². The third-order valence-corrected chi connectivity index (χ3v) is 4.33. The highest BCUT2D eigenvalue weighted by Gasteiger charge is 2.42. The fourth-order valence-electron chi connectivity index (χ4n) is 3.50. The van der Waals surface area contributed by atoms with Crippen LogP contribution in [0.4, 0.5) is 0 Å². The molecule has 1 saturated heterocycles. The third kappa shape index (κ3) is 2.91. The maximum Gasteiger partial charge on any atom is 0.237 e. The van der Waals surface area contributed by atoms with Gasteiger partial charge in [0.2, 0.25) is 11.8 Å². The van der Waals surface area contributed by atoms with E-state index in [1.807, 2.05) is 13.8 Å². The minimum atomic E-state index is -0.207. The van der Waals surface area contributed by atoms with Crippen molar-refractivity contribution in [2.75, 3.05) is 13.6 Å². The van der Waals surface area contributed by atoms with E-state index >= 15 is 0 Å². The van der Waals surface area contributed by atoms with Crippen LogP contribution in [-0.2, 0) is 9.59 Å². The molecule has 2 fully saturated rings. The second kappa shape index (κ2) is 5.90. The molecule has 1 aliphatic carbocycles. The number of carbonyl (C=O) groups is 2. The summed E-state index contributed by atoms with van der Waals surface area (Å²) in [6.07, 6.45) is 4.46. The van der Waals surface area contributed by atoms with E-state index in [0.717, 1.165) is 12.8 Å². The molecule has 5 heteroatoms. The third-order valence-electron chi connectivity index (χ3n) is 4.33. The Bertz CT molecular complexity index is 357. The second-order valence-corrected chi connectivity index (χ2v) is 6.00. The summed E-state index contributed by atoms with van der Waals surface area (Å²) in [7, 11) is 1.67. The Morgan fingerprint density at radius 2 is 2.05 bits per heavy atom. The van der Waals surface area contributed by atoms with Crippen molar-refractivity contribution in [3.8, 4) is 0 Å². The summed E-state index contributed by atoms with van der Waals surface area (Å²) in [4.78, 5) is 26.2. The molecule has 0 aromatic heterocycles. The van der Waals surface area contributed by atoms with E-state index in [-0.39, 0.29) is 29.8 Å². The fourth-order valence-corrected chi connectivity index (χ4v) is 3.50. The SMILES string of the molecule is CNC(=O)C(C(C)C)N1CC(=O)NC2CCCCC21. The maximum atomic E-state index is 12.1. The van der Waals surface area contributed by atoms with Crippen molar-refractivity contribution in [2.45, 2.75) is 57.7 Å². The van der Waals surface area contributed by atoms with Crippen molar-refractivity contribution in [1.29, 1.82) is 0 Å². The number of rotatable bonds is 3. The topological polar surface area (TPSA) is 61.4 Å². The van der Waals surface area contributed by atoms with Crippen LogP contribution in [0.1, 0.15) is 39.5 Å². The van der Waals surface area contributed by atoms with Gasteiger partial charge in [0, 0.05) is 19.1 Å². The van der Waals surface area contributed by atoms with Crippen LogP contribution in [-0.4, -0.2) is 48.4 Å². The normalized spacial score (nSPS) is 29.6. The summed E-state index contributed by atoms with van der Waals surface area (Å²) in [5.74, 6) is 0.278. The van der Waals surface area contributed by atoms with Gasteiger partial charge in [-0.2, -0.15) is 0 Å². The summed E-state index contributed by atoms with van der Waals surface area (Å²) in [6, 6.07) is 0.332. The molecule has 2 N–H and O–H groups in total. The number of amides is 2. The highest BCUT2D eigenvalue weighted by Crippen LogP contribution is 2.29. The molecule has 108 valence electrons. The molecular weight excluding hydrogens is 242 g/mol. The van der Waals surface area contributed by atoms with Gasteiger partial charge in [-0.1, -0.05) is 26.7 Å². The largest absolute Gasteiger partial charge is 0.358 e. The molecule has 1 heterocycles. The van der Waals surface area contributed by atoms with Crippen LogP contribution in [0, 0.1) is 5.92 Å². The molecule has 0 bridgehead atoms. The predicted octanol–water partition coefficient (Wildman–Crippen LogP) is 0.500. The summed E-state index contributed by atoms with van der Waals surface area (Å²) in [5, 5.41) is 5.83. The molecule has 0 aromatic carbocycles. The van der Waals surface area contributed by atoms with Crippen molar-refractivity contribution in [3.05, 3.63) is 0 Å². The molecule has 1 aliphatic heterocycles. The molecule has 0 aromatic rings. The molecule has 0 spiro atoms. The van der Waals surface area contributed by atoms with Gasteiger partial charge in [-0.25, -0.2) is 0 Å². The first-order valence-corrected chi connectivity index (χ1v) is 7.31. The smallest absolute Gasteiger partial charge is 0.237 e. The highest BCUT2D eigenvalue weighted by molar-refractivity contribution is 5.84. The average Bonchev–Trinajstić information content (AvgIpc) is 2.38. The van der Waals surface area contributed by atoms with Gasteiger partial charge in [0.05, 0.1) is 12.6 Å². The van der Waals surface area contributed by atoms with E-state index in [4.69, 9.17) is 0 Å². The molecule has 2 aliphatic rings. The lowest BCUT2D eigenvalue weighted by Gasteiger charge is -2.47. The standard InChI is InChI=1S/C14H25N3O2/c1-9(2)13(14(19)15-3)17-8-12(18)16-10-6-4-5-7-11(10)17/h9-11,13H,4-8H2,1-3H3,(H,15,19)(H,16,18). The first-order chi connectivity index (χ1) is 9.04. The second-order valence-electron chi connectivity index (χ2n) is 6.00. The minimum Gasteiger partial charge on any atom is -0.358 e. The van der Waals surface area contributed by atoms with E-state index < -0.39 is 0 Å². The Labute approximate surface area is 115 Å². The van der Waals surface area contributed by atoms with Crippen LogP contribution < -0.4 is 10.6 Å². The Morgan fingerprint density at radius 3 is 2.68 bits per heavy atom. The number of hydrogen-bond donors (Lipinski definition) is 2. The van der Waals surface area contributed by atoms with Gasteiger partial charge in [0.1, 0.15) is 0 Å². The van der Waals surface area contributed by atoms with E-state index in [1.54, 1.807) is 7.05 Å². The lowest BCUT2D eigenvalue weighted by atomic mass is 9.85. The van der Waals surface area contributed by atoms with Crippen molar-refractivity contribution in [3.63, 3.8) is 0 Å². The number of piperazine rings is 1. The van der Waals surface area contributed by atoms with Gasteiger partial charge in [0.25, 0.3) is 0 Å². The molecule has 3 unspecified atom stereocenters. The van der Waals surface area contributed by atoms with Crippen molar-refractivity contribution < 1.29 is 9.59 Å². The predicted molar refractivity (Wildman–Crippen MR) is 73.6 cm³/mol. The van der Waals surface area contributed by atoms with Crippen LogP contribution in [0.15, 0.2) is 0 Å². The van der Waals surface area contributed by atoms with Gasteiger partial charge < -0.3 is 10.6 Å². The summed E-state index contributed by atoms with van der Waals surface area (Å²) >= 11 is 0. The molecule has 3 atom stereocenters. The van der Waals surface area contributed by atoms with Crippen LogP contribution in [0.2, 0.25) is 0 Å². The number of carbonyl (C=O) groups excluding carboxylic acids is 2. The zero-order valence-corrected chi connectivity index (χ0v) is 12.1. The van der Waals surface area contributed by atoms with Gasteiger partial charge >= 0.3 is 0 Å². The van der Waals surface area contributed by atoms with Gasteiger partial charge in [-0.3, -0.25) is 14.5 Å². The number of nitrogens with one attached hydrogen (secondary N) is 2. The zero-order valence-electron chi connectivity index (χ0n) is 12.1. The number of likely N-dealkylation sites (N-methyl/N-ethyl adjacent to an activating group) is 1. The molecule has 1 saturated carbocycles. The Balaban J connectivity index is 2.22. The Kier molecular flexibility index (Phi) is 4.45. The van der Waals surface area contributed by atoms with Crippen LogP contribution >= 0.6 is 0 Å². The molecule has 5 nitrogen and oxygen atoms in total. The molecular formula is C14H25N3O2. The number of nitrogens with zero attached hydrogens (tertiary/aromatic N) is 1. The van der Waals surface area contributed by atoms with Crippen molar-refractivity contribution in [2.24, 2.45) is 5.92 Å². The van der Waals surface area contributed by atoms with E-state index in [0.29, 0.717) is 12.6 Å². The number of hydrogen-bond acceptors (Lipinski definition) is 3. The van der Waals surface area contributed by atoms with Gasteiger partial charge in [-0.05, 0) is 18.8 Å². The zero-order chi connectivity index (χ0) is 14.0. The maximum absolute atomic E-state index is 12.1. The van der Waals surface area contributed by atoms with Gasteiger partial charge in [-0.15, -0.1) is 0 Å². The highest BCUT2D eigenvalue weighted by atomic mass is 16.2. The molecule has 0 radical (unpaired) electrons. The monoisotopic (exact) mass is 267 g/mol.